The zero-order valence-electron chi connectivity index (χ0n) is 15.7. The Bertz CT molecular complexity index is 1320. The van der Waals surface area contributed by atoms with Gasteiger partial charge in [-0.3, -0.25) is 9.52 Å². The molecule has 3 aromatic carbocycles. The normalized spacial score (nSPS) is 10.7. The molecule has 3 rings (SSSR count). The van der Waals surface area contributed by atoms with Crippen LogP contribution < -0.4 is 10.0 Å². The van der Waals surface area contributed by atoms with E-state index in [2.05, 4.69) is 26.0 Å². The topological polar surface area (TPSA) is 136 Å². The fourth-order valence-corrected chi connectivity index (χ4v) is 4.06. The second kappa shape index (κ2) is 8.99. The van der Waals surface area contributed by atoms with Crippen molar-refractivity contribution in [3.63, 3.8) is 0 Å². The fourth-order valence-electron chi connectivity index (χ4n) is 2.65. The summed E-state index contributed by atoms with van der Waals surface area (Å²) < 4.78 is 28.0. The van der Waals surface area contributed by atoms with E-state index in [0.29, 0.717) is 10.0 Å². The number of sulfonamides is 1. The Hall–Kier alpha value is -3.68. The number of carbonyl (C=O) groups excluding carboxylic acids is 1. The first-order chi connectivity index (χ1) is 14.7. The highest BCUT2D eigenvalue weighted by molar-refractivity contribution is 9.10. The number of amides is 1. The lowest BCUT2D eigenvalue weighted by Crippen LogP contribution is -2.16. The molecule has 3 aromatic rings. The molecule has 0 unspecified atom stereocenters. The molecule has 0 radical (unpaired) electrons. The molecule has 0 saturated carbocycles. The number of carboxylic acid groups (broad SMARTS) is 1. The minimum absolute atomic E-state index is 0.0822. The molecule has 3 N–H and O–H groups in total. The highest BCUT2D eigenvalue weighted by Crippen LogP contribution is 2.22. The van der Waals surface area contributed by atoms with Crippen LogP contribution in [-0.2, 0) is 10.0 Å². The van der Waals surface area contributed by atoms with Gasteiger partial charge in [0.25, 0.3) is 15.9 Å². The Balaban J connectivity index is 1.79. The summed E-state index contributed by atoms with van der Waals surface area (Å²) in [5.41, 5.74) is 0.699. The molecule has 0 heterocycles. The summed E-state index contributed by atoms with van der Waals surface area (Å²) in [5, 5.41) is 20.7. The van der Waals surface area contributed by atoms with Crippen LogP contribution in [0.3, 0.4) is 0 Å². The molecule has 8 nitrogen and oxygen atoms in total. The lowest BCUT2D eigenvalue weighted by atomic mass is 10.1. The molecule has 0 aliphatic heterocycles. The van der Waals surface area contributed by atoms with Crippen LogP contribution in [0, 0.1) is 11.3 Å². The van der Waals surface area contributed by atoms with Gasteiger partial charge in [-0.15, -0.1) is 0 Å². The Kier molecular flexibility index (Phi) is 6.39. The van der Waals surface area contributed by atoms with Gasteiger partial charge in [0.2, 0.25) is 0 Å². The van der Waals surface area contributed by atoms with Crippen LogP contribution in [0.5, 0.6) is 0 Å². The Morgan fingerprint density at radius 1 is 1.00 bits per heavy atom. The predicted molar refractivity (Wildman–Crippen MR) is 117 cm³/mol. The Labute approximate surface area is 186 Å². The van der Waals surface area contributed by atoms with Crippen LogP contribution in [0.25, 0.3) is 0 Å². The van der Waals surface area contributed by atoms with Gasteiger partial charge in [-0.25, -0.2) is 13.2 Å². The Morgan fingerprint density at radius 2 is 1.71 bits per heavy atom. The lowest BCUT2D eigenvalue weighted by Gasteiger charge is -2.11. The van der Waals surface area contributed by atoms with E-state index >= 15 is 0 Å². The monoisotopic (exact) mass is 499 g/mol. The standard InChI is InChI=1S/C21H14BrN3O5S/c22-15-6-9-19(18(11-15)21(27)28)24-20(26)14-4-7-17(8-5-14)31(29,30)25-16-3-1-2-13(10-16)12-23/h1-11,25H,(H,24,26)(H,27,28). The molecule has 0 atom stereocenters. The number of carboxylic acids is 1. The fraction of sp³-hybridized carbons (Fsp3) is 0. The zero-order valence-corrected chi connectivity index (χ0v) is 18.1. The van der Waals surface area contributed by atoms with E-state index in [1.807, 2.05) is 6.07 Å². The number of nitrogens with zero attached hydrogens (tertiary/aromatic N) is 1. The van der Waals surface area contributed by atoms with Gasteiger partial charge in [0.05, 0.1) is 33.5 Å². The minimum Gasteiger partial charge on any atom is -0.478 e. The van der Waals surface area contributed by atoms with Gasteiger partial charge in [0.15, 0.2) is 0 Å². The van der Waals surface area contributed by atoms with E-state index in [-0.39, 0.29) is 27.4 Å². The molecule has 0 saturated heterocycles. The van der Waals surface area contributed by atoms with Crippen molar-refractivity contribution in [1.82, 2.24) is 0 Å². The van der Waals surface area contributed by atoms with Crippen molar-refractivity contribution in [2.45, 2.75) is 4.90 Å². The van der Waals surface area contributed by atoms with Gasteiger partial charge in [-0.05, 0) is 60.7 Å². The Morgan fingerprint density at radius 3 is 2.35 bits per heavy atom. The third-order valence-electron chi connectivity index (χ3n) is 4.13. The van der Waals surface area contributed by atoms with Crippen molar-refractivity contribution in [2.24, 2.45) is 0 Å². The molecular weight excluding hydrogens is 486 g/mol. The smallest absolute Gasteiger partial charge is 0.337 e. The van der Waals surface area contributed by atoms with Crippen molar-refractivity contribution < 1.29 is 23.1 Å². The first-order valence-corrected chi connectivity index (χ1v) is 10.9. The molecular formula is C21H14BrN3O5S. The first kappa shape index (κ1) is 22.0. The number of hydrogen-bond acceptors (Lipinski definition) is 5. The van der Waals surface area contributed by atoms with Crippen molar-refractivity contribution >= 4 is 49.2 Å². The molecule has 31 heavy (non-hydrogen) atoms. The molecule has 0 aliphatic rings. The van der Waals surface area contributed by atoms with Gasteiger partial charge in [-0.1, -0.05) is 22.0 Å². The number of nitrogens with one attached hydrogen (secondary N) is 2. The van der Waals surface area contributed by atoms with E-state index in [1.165, 1.54) is 48.5 Å². The number of rotatable bonds is 6. The molecule has 0 aliphatic carbocycles. The van der Waals surface area contributed by atoms with Crippen LogP contribution in [-0.4, -0.2) is 25.4 Å². The van der Waals surface area contributed by atoms with E-state index in [1.54, 1.807) is 18.2 Å². The number of aromatic carboxylic acids is 1. The largest absolute Gasteiger partial charge is 0.478 e. The molecule has 10 heteroatoms. The summed E-state index contributed by atoms with van der Waals surface area (Å²) in [6.45, 7) is 0. The summed E-state index contributed by atoms with van der Waals surface area (Å²) >= 11 is 3.18. The van der Waals surface area contributed by atoms with Crippen LogP contribution >= 0.6 is 15.9 Å². The third kappa shape index (κ3) is 5.28. The summed E-state index contributed by atoms with van der Waals surface area (Å²) in [6, 6.07) is 17.5. The average molecular weight is 500 g/mol. The first-order valence-electron chi connectivity index (χ1n) is 8.67. The molecule has 1 amide bonds. The maximum atomic E-state index is 12.6. The summed E-state index contributed by atoms with van der Waals surface area (Å²) in [5.74, 6) is -1.80. The highest BCUT2D eigenvalue weighted by Gasteiger charge is 2.17. The summed E-state index contributed by atoms with van der Waals surface area (Å²) in [4.78, 5) is 23.8. The number of benzene rings is 3. The van der Waals surface area contributed by atoms with E-state index in [9.17, 15) is 23.1 Å². The number of nitriles is 1. The number of carbonyl (C=O) groups is 2. The van der Waals surface area contributed by atoms with Gasteiger partial charge in [0.1, 0.15) is 0 Å². The van der Waals surface area contributed by atoms with E-state index < -0.39 is 21.9 Å². The SMILES string of the molecule is N#Cc1cccc(NS(=O)(=O)c2ccc(C(=O)Nc3ccc(Br)cc3C(=O)O)cc2)c1. The summed E-state index contributed by atoms with van der Waals surface area (Å²) in [6.07, 6.45) is 0. The number of anilines is 2. The van der Waals surface area contributed by atoms with Crippen LogP contribution in [0.4, 0.5) is 11.4 Å². The van der Waals surface area contributed by atoms with Crippen molar-refractivity contribution in [3.05, 3.63) is 87.9 Å². The molecule has 156 valence electrons. The van der Waals surface area contributed by atoms with E-state index in [0.717, 1.165) is 0 Å². The molecule has 0 spiro atoms. The maximum absolute atomic E-state index is 12.6. The second-order valence-corrected chi connectivity index (χ2v) is 8.87. The van der Waals surface area contributed by atoms with Gasteiger partial charge >= 0.3 is 5.97 Å². The van der Waals surface area contributed by atoms with Gasteiger partial charge < -0.3 is 10.4 Å². The van der Waals surface area contributed by atoms with Crippen molar-refractivity contribution in [1.29, 1.82) is 5.26 Å². The third-order valence-corrected chi connectivity index (χ3v) is 6.02. The maximum Gasteiger partial charge on any atom is 0.337 e. The van der Waals surface area contributed by atoms with E-state index in [4.69, 9.17) is 5.26 Å². The quantitative estimate of drug-likeness (QED) is 0.467. The predicted octanol–water partition coefficient (Wildman–Crippen LogP) is 4.07. The number of hydrogen-bond donors (Lipinski definition) is 3. The van der Waals surface area contributed by atoms with Crippen LogP contribution in [0.15, 0.2) is 76.1 Å². The van der Waals surface area contributed by atoms with Crippen LogP contribution in [0.2, 0.25) is 0 Å². The lowest BCUT2D eigenvalue weighted by molar-refractivity contribution is 0.0698. The average Bonchev–Trinajstić information content (AvgIpc) is 2.74. The molecule has 0 aromatic heterocycles. The molecule has 0 fully saturated rings. The highest BCUT2D eigenvalue weighted by atomic mass is 79.9. The summed E-state index contributed by atoms with van der Waals surface area (Å²) in [7, 11) is -3.94. The van der Waals surface area contributed by atoms with Crippen molar-refractivity contribution in [3.8, 4) is 6.07 Å². The molecule has 0 bridgehead atoms. The van der Waals surface area contributed by atoms with Gasteiger partial charge in [-0.2, -0.15) is 5.26 Å². The van der Waals surface area contributed by atoms with Crippen LogP contribution in [0.1, 0.15) is 26.3 Å². The minimum atomic E-state index is -3.94. The second-order valence-electron chi connectivity index (χ2n) is 6.27. The van der Waals surface area contributed by atoms with Crippen molar-refractivity contribution in [2.75, 3.05) is 10.0 Å². The van der Waals surface area contributed by atoms with Gasteiger partial charge in [0, 0.05) is 10.0 Å². The number of halogens is 1. The zero-order chi connectivity index (χ0) is 22.6.